The number of hydrogen-bond donors (Lipinski definition) is 1. The minimum absolute atomic E-state index is 0.0919. The predicted octanol–water partition coefficient (Wildman–Crippen LogP) is 1.78. The third-order valence-corrected chi connectivity index (χ3v) is 4.30. The average Bonchev–Trinajstić information content (AvgIpc) is 3.07. The quantitative estimate of drug-likeness (QED) is 0.934. The van der Waals surface area contributed by atoms with Gasteiger partial charge in [-0.2, -0.15) is 0 Å². The average molecular weight is 313 g/mol. The zero-order chi connectivity index (χ0) is 16.2. The Labute approximate surface area is 136 Å². The van der Waals surface area contributed by atoms with Crippen LogP contribution in [0.4, 0.5) is 0 Å². The van der Waals surface area contributed by atoms with Crippen LogP contribution in [-0.4, -0.2) is 45.9 Å². The Morgan fingerprint density at radius 1 is 1.30 bits per heavy atom. The van der Waals surface area contributed by atoms with Crippen LogP contribution >= 0.6 is 0 Å². The summed E-state index contributed by atoms with van der Waals surface area (Å²) in [6.45, 7) is 4.60. The standard InChI is InChI=1S/C17H23N5O/c1-13-3-5-14(6-4-13)11-21(2)17(23)16-12-22(20-19-16)15-7-9-18-10-8-15/h3-6,12,15,18H,7-11H2,1-2H3. The molecule has 0 radical (unpaired) electrons. The normalized spacial score (nSPS) is 15.6. The predicted molar refractivity (Wildman–Crippen MR) is 88.1 cm³/mol. The van der Waals surface area contributed by atoms with E-state index in [1.165, 1.54) is 5.56 Å². The maximum Gasteiger partial charge on any atom is 0.276 e. The molecule has 1 fully saturated rings. The molecule has 1 aliphatic rings. The number of piperidine rings is 1. The van der Waals surface area contributed by atoms with Crippen LogP contribution in [0.15, 0.2) is 30.5 Å². The van der Waals surface area contributed by atoms with Crippen molar-refractivity contribution in [1.82, 2.24) is 25.2 Å². The van der Waals surface area contributed by atoms with E-state index < -0.39 is 0 Å². The van der Waals surface area contributed by atoms with E-state index in [-0.39, 0.29) is 5.91 Å². The fraction of sp³-hybridized carbons (Fsp3) is 0.471. The number of carbonyl (C=O) groups excluding carboxylic acids is 1. The molecule has 1 saturated heterocycles. The number of nitrogens with zero attached hydrogens (tertiary/aromatic N) is 4. The van der Waals surface area contributed by atoms with Gasteiger partial charge >= 0.3 is 0 Å². The van der Waals surface area contributed by atoms with Crippen molar-refractivity contribution in [3.05, 3.63) is 47.3 Å². The van der Waals surface area contributed by atoms with E-state index in [1.54, 1.807) is 18.1 Å². The van der Waals surface area contributed by atoms with Gasteiger partial charge in [0.05, 0.1) is 12.2 Å². The molecule has 3 rings (SSSR count). The first-order chi connectivity index (χ1) is 11.1. The highest BCUT2D eigenvalue weighted by molar-refractivity contribution is 5.91. The van der Waals surface area contributed by atoms with Crippen molar-refractivity contribution in [1.29, 1.82) is 0 Å². The van der Waals surface area contributed by atoms with Crippen LogP contribution < -0.4 is 5.32 Å². The van der Waals surface area contributed by atoms with Crippen molar-refractivity contribution in [3.8, 4) is 0 Å². The second-order valence-electron chi connectivity index (χ2n) is 6.21. The lowest BCUT2D eigenvalue weighted by molar-refractivity contribution is 0.0779. The number of benzene rings is 1. The fourth-order valence-electron chi connectivity index (χ4n) is 2.86. The van der Waals surface area contributed by atoms with Gasteiger partial charge in [0.2, 0.25) is 0 Å². The molecule has 122 valence electrons. The van der Waals surface area contributed by atoms with Gasteiger partial charge < -0.3 is 10.2 Å². The van der Waals surface area contributed by atoms with Crippen LogP contribution in [0.1, 0.15) is 40.5 Å². The minimum atomic E-state index is -0.0919. The Balaban J connectivity index is 1.65. The highest BCUT2D eigenvalue weighted by Crippen LogP contribution is 2.17. The molecule has 1 N–H and O–H groups in total. The lowest BCUT2D eigenvalue weighted by Gasteiger charge is -2.22. The summed E-state index contributed by atoms with van der Waals surface area (Å²) in [6.07, 6.45) is 3.83. The van der Waals surface area contributed by atoms with E-state index in [9.17, 15) is 4.79 Å². The van der Waals surface area contributed by atoms with E-state index in [0.717, 1.165) is 31.5 Å². The number of nitrogens with one attached hydrogen (secondary N) is 1. The van der Waals surface area contributed by atoms with E-state index in [2.05, 4.69) is 34.7 Å². The van der Waals surface area contributed by atoms with Crippen molar-refractivity contribution >= 4 is 5.91 Å². The maximum atomic E-state index is 12.5. The lowest BCUT2D eigenvalue weighted by atomic mass is 10.1. The first kappa shape index (κ1) is 15.7. The van der Waals surface area contributed by atoms with Gasteiger partial charge in [-0.3, -0.25) is 4.79 Å². The van der Waals surface area contributed by atoms with Gasteiger partial charge in [0.25, 0.3) is 5.91 Å². The Morgan fingerprint density at radius 2 is 2.00 bits per heavy atom. The van der Waals surface area contributed by atoms with E-state index >= 15 is 0 Å². The first-order valence-corrected chi connectivity index (χ1v) is 8.07. The molecule has 1 aromatic heterocycles. The summed E-state index contributed by atoms with van der Waals surface area (Å²) < 4.78 is 1.84. The summed E-state index contributed by atoms with van der Waals surface area (Å²) in [5.41, 5.74) is 2.74. The molecule has 1 aliphatic heterocycles. The molecule has 0 unspecified atom stereocenters. The fourth-order valence-corrected chi connectivity index (χ4v) is 2.86. The second-order valence-corrected chi connectivity index (χ2v) is 6.21. The van der Waals surface area contributed by atoms with E-state index in [1.807, 2.05) is 16.8 Å². The van der Waals surface area contributed by atoms with Gasteiger partial charge in [0.15, 0.2) is 5.69 Å². The molecular formula is C17H23N5O. The third-order valence-electron chi connectivity index (χ3n) is 4.30. The molecule has 0 atom stereocenters. The van der Waals surface area contributed by atoms with Gasteiger partial charge in [-0.05, 0) is 38.4 Å². The van der Waals surface area contributed by atoms with Crippen LogP contribution in [-0.2, 0) is 6.54 Å². The summed E-state index contributed by atoms with van der Waals surface area (Å²) in [6, 6.07) is 8.55. The zero-order valence-electron chi connectivity index (χ0n) is 13.7. The van der Waals surface area contributed by atoms with Crippen LogP contribution in [0.2, 0.25) is 0 Å². The highest BCUT2D eigenvalue weighted by Gasteiger charge is 2.20. The minimum Gasteiger partial charge on any atom is -0.336 e. The Kier molecular flexibility index (Phi) is 4.71. The number of carbonyl (C=O) groups is 1. The molecule has 6 heteroatoms. The summed E-state index contributed by atoms with van der Waals surface area (Å²) >= 11 is 0. The SMILES string of the molecule is Cc1ccc(CN(C)C(=O)c2cn(C3CCNCC3)nn2)cc1. The zero-order valence-corrected chi connectivity index (χ0v) is 13.7. The summed E-state index contributed by atoms with van der Waals surface area (Å²) in [5, 5.41) is 11.5. The Hall–Kier alpha value is -2.21. The van der Waals surface area contributed by atoms with Crippen LogP contribution in [0.25, 0.3) is 0 Å². The van der Waals surface area contributed by atoms with Crippen LogP contribution in [0.3, 0.4) is 0 Å². The van der Waals surface area contributed by atoms with Gasteiger partial charge in [0.1, 0.15) is 0 Å². The summed E-state index contributed by atoms with van der Waals surface area (Å²) in [5.74, 6) is -0.0919. The third kappa shape index (κ3) is 3.76. The second kappa shape index (κ2) is 6.91. The maximum absolute atomic E-state index is 12.5. The summed E-state index contributed by atoms with van der Waals surface area (Å²) in [7, 11) is 1.80. The van der Waals surface area contributed by atoms with Crippen molar-refractivity contribution in [2.75, 3.05) is 20.1 Å². The van der Waals surface area contributed by atoms with Crippen molar-refractivity contribution in [2.45, 2.75) is 32.4 Å². The topological polar surface area (TPSA) is 63.1 Å². The van der Waals surface area contributed by atoms with Crippen molar-refractivity contribution in [3.63, 3.8) is 0 Å². The molecule has 0 spiro atoms. The number of aromatic nitrogens is 3. The number of hydrogen-bond acceptors (Lipinski definition) is 4. The molecule has 6 nitrogen and oxygen atoms in total. The van der Waals surface area contributed by atoms with Gasteiger partial charge in [0, 0.05) is 13.6 Å². The van der Waals surface area contributed by atoms with Crippen molar-refractivity contribution in [2.24, 2.45) is 0 Å². The van der Waals surface area contributed by atoms with Crippen LogP contribution in [0.5, 0.6) is 0 Å². The molecule has 0 bridgehead atoms. The largest absolute Gasteiger partial charge is 0.336 e. The smallest absolute Gasteiger partial charge is 0.276 e. The molecule has 1 aromatic carbocycles. The summed E-state index contributed by atoms with van der Waals surface area (Å²) in [4.78, 5) is 14.2. The van der Waals surface area contributed by atoms with E-state index in [4.69, 9.17) is 0 Å². The van der Waals surface area contributed by atoms with E-state index in [0.29, 0.717) is 18.3 Å². The molecule has 0 saturated carbocycles. The van der Waals surface area contributed by atoms with Gasteiger partial charge in [-0.1, -0.05) is 35.0 Å². The monoisotopic (exact) mass is 313 g/mol. The Bertz CT molecular complexity index is 658. The highest BCUT2D eigenvalue weighted by atomic mass is 16.2. The number of rotatable bonds is 4. The first-order valence-electron chi connectivity index (χ1n) is 8.07. The van der Waals surface area contributed by atoms with Crippen LogP contribution in [0, 0.1) is 6.92 Å². The molecule has 1 amide bonds. The number of amides is 1. The van der Waals surface area contributed by atoms with Crippen molar-refractivity contribution < 1.29 is 4.79 Å². The molecule has 2 aromatic rings. The molecule has 2 heterocycles. The molecule has 0 aliphatic carbocycles. The molecular weight excluding hydrogens is 290 g/mol. The van der Waals surface area contributed by atoms with Gasteiger partial charge in [-0.25, -0.2) is 4.68 Å². The van der Waals surface area contributed by atoms with Gasteiger partial charge in [-0.15, -0.1) is 5.10 Å². The Morgan fingerprint density at radius 3 is 2.70 bits per heavy atom. The number of aryl methyl sites for hydroxylation is 1. The molecule has 23 heavy (non-hydrogen) atoms. The lowest BCUT2D eigenvalue weighted by Crippen LogP contribution is -2.29.